The topological polar surface area (TPSA) is 66.0 Å². The zero-order valence-corrected chi connectivity index (χ0v) is 9.50. The number of aromatic carboxylic acids is 1. The molecule has 1 heterocycles. The molecule has 0 aliphatic carbocycles. The van der Waals surface area contributed by atoms with Crippen LogP contribution >= 0.6 is 0 Å². The molecule has 18 heavy (non-hydrogen) atoms. The molecule has 0 aliphatic heterocycles. The van der Waals surface area contributed by atoms with E-state index in [0.717, 1.165) is 12.1 Å². The van der Waals surface area contributed by atoms with Crippen molar-refractivity contribution in [3.8, 4) is 11.4 Å². The van der Waals surface area contributed by atoms with Crippen molar-refractivity contribution in [2.45, 2.75) is 13.3 Å². The van der Waals surface area contributed by atoms with Gasteiger partial charge in [-0.2, -0.15) is 0 Å². The zero-order chi connectivity index (χ0) is 13.3. The lowest BCUT2D eigenvalue weighted by Gasteiger charge is -2.00. The Balaban J connectivity index is 2.62. The van der Waals surface area contributed by atoms with Crippen molar-refractivity contribution >= 4 is 5.97 Å². The number of hydrogen-bond acceptors (Lipinski definition) is 2. The quantitative estimate of drug-likeness (QED) is 0.882. The van der Waals surface area contributed by atoms with Gasteiger partial charge in [-0.25, -0.2) is 18.6 Å². The van der Waals surface area contributed by atoms with Crippen LogP contribution in [0, 0.1) is 11.6 Å². The fraction of sp³-hybridized carbons (Fsp3) is 0.167. The minimum absolute atomic E-state index is 0.111. The number of H-pyrrole nitrogens is 1. The van der Waals surface area contributed by atoms with Crippen LogP contribution < -0.4 is 0 Å². The number of benzene rings is 1. The summed E-state index contributed by atoms with van der Waals surface area (Å²) in [6.07, 6.45) is 0.380. The molecule has 1 aromatic heterocycles. The number of aromatic nitrogens is 2. The van der Waals surface area contributed by atoms with E-state index in [0.29, 0.717) is 12.1 Å². The molecule has 0 spiro atoms. The summed E-state index contributed by atoms with van der Waals surface area (Å²) in [6, 6.07) is 3.41. The SMILES string of the molecule is CCc1[nH]c(-c2c(F)cccc2F)nc1C(=O)O. The molecule has 0 fully saturated rings. The largest absolute Gasteiger partial charge is 0.476 e. The lowest BCUT2D eigenvalue weighted by molar-refractivity contribution is 0.0690. The molecule has 0 amide bonds. The molecule has 0 atom stereocenters. The lowest BCUT2D eigenvalue weighted by atomic mass is 10.2. The first-order chi connectivity index (χ1) is 8.54. The summed E-state index contributed by atoms with van der Waals surface area (Å²) in [5.41, 5.74) is -0.227. The minimum Gasteiger partial charge on any atom is -0.476 e. The van der Waals surface area contributed by atoms with Gasteiger partial charge < -0.3 is 10.1 Å². The van der Waals surface area contributed by atoms with E-state index >= 15 is 0 Å². The third-order valence-corrected chi connectivity index (χ3v) is 2.53. The second-order valence-corrected chi connectivity index (χ2v) is 3.67. The average molecular weight is 252 g/mol. The van der Waals surface area contributed by atoms with Crippen LogP contribution in [-0.4, -0.2) is 21.0 Å². The maximum absolute atomic E-state index is 13.5. The van der Waals surface area contributed by atoms with Gasteiger partial charge in [-0.3, -0.25) is 0 Å². The maximum Gasteiger partial charge on any atom is 0.356 e. The van der Waals surface area contributed by atoms with E-state index in [1.165, 1.54) is 6.07 Å². The summed E-state index contributed by atoms with van der Waals surface area (Å²) in [7, 11) is 0. The van der Waals surface area contributed by atoms with Crippen LogP contribution in [-0.2, 0) is 6.42 Å². The lowest BCUT2D eigenvalue weighted by Crippen LogP contribution is -2.00. The molecule has 0 saturated carbocycles. The number of hydrogen-bond donors (Lipinski definition) is 2. The molecule has 6 heteroatoms. The Kier molecular flexibility index (Phi) is 3.10. The minimum atomic E-state index is -1.23. The van der Waals surface area contributed by atoms with E-state index in [1.807, 2.05) is 0 Å². The number of rotatable bonds is 3. The van der Waals surface area contributed by atoms with Gasteiger partial charge in [0.25, 0.3) is 0 Å². The van der Waals surface area contributed by atoms with Crippen LogP contribution in [0.4, 0.5) is 8.78 Å². The Morgan fingerprint density at radius 1 is 1.39 bits per heavy atom. The summed E-state index contributed by atoms with van der Waals surface area (Å²) in [5, 5.41) is 8.93. The average Bonchev–Trinajstić information content (AvgIpc) is 2.73. The smallest absolute Gasteiger partial charge is 0.356 e. The Bertz CT molecular complexity index is 588. The molecule has 2 rings (SSSR count). The van der Waals surface area contributed by atoms with E-state index in [2.05, 4.69) is 9.97 Å². The maximum atomic E-state index is 13.5. The van der Waals surface area contributed by atoms with Crippen molar-refractivity contribution in [1.82, 2.24) is 9.97 Å². The van der Waals surface area contributed by atoms with Crippen LogP contribution in [0.2, 0.25) is 0 Å². The first kappa shape index (κ1) is 12.2. The fourth-order valence-electron chi connectivity index (χ4n) is 1.68. The number of carbonyl (C=O) groups is 1. The fourth-order valence-corrected chi connectivity index (χ4v) is 1.68. The van der Waals surface area contributed by atoms with E-state index in [1.54, 1.807) is 6.92 Å². The van der Waals surface area contributed by atoms with Crippen molar-refractivity contribution in [2.75, 3.05) is 0 Å². The number of aromatic amines is 1. The second kappa shape index (κ2) is 4.56. The van der Waals surface area contributed by atoms with Crippen molar-refractivity contribution in [3.05, 3.63) is 41.2 Å². The molecule has 1 aromatic carbocycles. The van der Waals surface area contributed by atoms with Gasteiger partial charge in [0.05, 0.1) is 5.56 Å². The monoisotopic (exact) mass is 252 g/mol. The van der Waals surface area contributed by atoms with E-state index in [9.17, 15) is 13.6 Å². The molecule has 0 bridgehead atoms. The molecular weight excluding hydrogens is 242 g/mol. The van der Waals surface area contributed by atoms with Gasteiger partial charge in [0.1, 0.15) is 17.5 Å². The highest BCUT2D eigenvalue weighted by molar-refractivity contribution is 5.87. The van der Waals surface area contributed by atoms with Crippen molar-refractivity contribution in [1.29, 1.82) is 0 Å². The van der Waals surface area contributed by atoms with Crippen molar-refractivity contribution in [3.63, 3.8) is 0 Å². The van der Waals surface area contributed by atoms with E-state index in [-0.39, 0.29) is 17.1 Å². The van der Waals surface area contributed by atoms with Crippen LogP contribution in [0.25, 0.3) is 11.4 Å². The Labute approximate surface area is 101 Å². The van der Waals surface area contributed by atoms with E-state index < -0.39 is 17.6 Å². The molecule has 0 unspecified atom stereocenters. The van der Waals surface area contributed by atoms with Gasteiger partial charge in [-0.05, 0) is 18.6 Å². The van der Waals surface area contributed by atoms with Gasteiger partial charge in [0.15, 0.2) is 5.69 Å². The number of nitrogens with zero attached hydrogens (tertiary/aromatic N) is 1. The summed E-state index contributed by atoms with van der Waals surface area (Å²) in [4.78, 5) is 17.3. The van der Waals surface area contributed by atoms with Gasteiger partial charge in [-0.1, -0.05) is 13.0 Å². The number of aryl methyl sites for hydroxylation is 1. The second-order valence-electron chi connectivity index (χ2n) is 3.67. The predicted molar refractivity (Wildman–Crippen MR) is 60.3 cm³/mol. The number of nitrogens with one attached hydrogen (secondary N) is 1. The number of carboxylic acid groups (broad SMARTS) is 1. The first-order valence-corrected chi connectivity index (χ1v) is 5.31. The third-order valence-electron chi connectivity index (χ3n) is 2.53. The Morgan fingerprint density at radius 2 is 2.00 bits per heavy atom. The molecule has 0 saturated heterocycles. The summed E-state index contributed by atoms with van der Waals surface area (Å²) in [6.45, 7) is 1.72. The Hall–Kier alpha value is -2.24. The zero-order valence-electron chi connectivity index (χ0n) is 9.50. The van der Waals surface area contributed by atoms with Crippen LogP contribution in [0.5, 0.6) is 0 Å². The number of halogens is 2. The highest BCUT2D eigenvalue weighted by Crippen LogP contribution is 2.24. The van der Waals surface area contributed by atoms with Gasteiger partial charge in [0, 0.05) is 5.69 Å². The molecule has 2 aromatic rings. The van der Waals surface area contributed by atoms with Crippen LogP contribution in [0.15, 0.2) is 18.2 Å². The number of carboxylic acids is 1. The highest BCUT2D eigenvalue weighted by Gasteiger charge is 2.20. The molecule has 2 N–H and O–H groups in total. The number of imidazole rings is 1. The van der Waals surface area contributed by atoms with Gasteiger partial charge in [0.2, 0.25) is 0 Å². The molecular formula is C12H10F2N2O2. The van der Waals surface area contributed by atoms with E-state index in [4.69, 9.17) is 5.11 Å². The predicted octanol–water partition coefficient (Wildman–Crippen LogP) is 2.62. The van der Waals surface area contributed by atoms with Crippen LogP contribution in [0.3, 0.4) is 0 Å². The molecule has 94 valence electrons. The molecule has 4 nitrogen and oxygen atoms in total. The Morgan fingerprint density at radius 3 is 2.44 bits per heavy atom. The van der Waals surface area contributed by atoms with Gasteiger partial charge in [-0.15, -0.1) is 0 Å². The summed E-state index contributed by atoms with van der Waals surface area (Å²) >= 11 is 0. The molecule has 0 aliphatic rings. The normalized spacial score (nSPS) is 10.6. The summed E-state index contributed by atoms with van der Waals surface area (Å²) in [5.74, 6) is -2.92. The van der Waals surface area contributed by atoms with Crippen molar-refractivity contribution in [2.24, 2.45) is 0 Å². The van der Waals surface area contributed by atoms with Crippen molar-refractivity contribution < 1.29 is 18.7 Å². The molecule has 0 radical (unpaired) electrons. The van der Waals surface area contributed by atoms with Crippen LogP contribution in [0.1, 0.15) is 23.1 Å². The highest BCUT2D eigenvalue weighted by atomic mass is 19.1. The van der Waals surface area contributed by atoms with Gasteiger partial charge >= 0.3 is 5.97 Å². The standard InChI is InChI=1S/C12H10F2N2O2/c1-2-8-10(12(17)18)16-11(15-8)9-6(13)4-3-5-7(9)14/h3-5H,2H2,1H3,(H,15,16)(H,17,18). The third kappa shape index (κ3) is 1.97. The first-order valence-electron chi connectivity index (χ1n) is 5.31. The summed E-state index contributed by atoms with van der Waals surface area (Å²) < 4.78 is 27.1.